The fourth-order valence-corrected chi connectivity index (χ4v) is 2.16. The lowest BCUT2D eigenvalue weighted by Gasteiger charge is -2.01. The Kier molecular flexibility index (Phi) is 3.09. The molecule has 0 aromatic heterocycles. The molecule has 2 rings (SSSR count). The van der Waals surface area contributed by atoms with E-state index in [0.29, 0.717) is 0 Å². The van der Waals surface area contributed by atoms with Gasteiger partial charge >= 0.3 is 0 Å². The van der Waals surface area contributed by atoms with Crippen LogP contribution in [0, 0.1) is 0 Å². The number of hydrogen-bond donors (Lipinski definition) is 0. The van der Waals surface area contributed by atoms with Crippen LogP contribution >= 0.6 is 11.8 Å². The van der Waals surface area contributed by atoms with Gasteiger partial charge in [0.05, 0.1) is 5.71 Å². The molecule has 0 saturated heterocycles. The van der Waals surface area contributed by atoms with Crippen LogP contribution in [0.3, 0.4) is 0 Å². The molecule has 0 aliphatic carbocycles. The first-order valence-corrected chi connectivity index (χ1v) is 5.81. The van der Waals surface area contributed by atoms with Crippen molar-refractivity contribution in [1.82, 2.24) is 0 Å². The fourth-order valence-electron chi connectivity index (χ4n) is 1.44. The number of oxime groups is 1. The molecule has 1 aliphatic heterocycles. The molecule has 0 bridgehead atoms. The van der Waals surface area contributed by atoms with Crippen molar-refractivity contribution in [1.29, 1.82) is 0 Å². The van der Waals surface area contributed by atoms with Crippen molar-refractivity contribution in [3.8, 4) is 0 Å². The summed E-state index contributed by atoms with van der Waals surface area (Å²) in [5, 5.41) is 4.01. The van der Waals surface area contributed by atoms with Gasteiger partial charge in [0.15, 0.2) is 0 Å². The highest BCUT2D eigenvalue weighted by Crippen LogP contribution is 2.20. The van der Waals surface area contributed by atoms with Gasteiger partial charge in [-0.05, 0) is 17.9 Å². The largest absolute Gasteiger partial charge is 0.395 e. The average molecular weight is 207 g/mol. The first kappa shape index (κ1) is 9.59. The van der Waals surface area contributed by atoms with Crippen LogP contribution in [0.1, 0.15) is 18.9 Å². The molecule has 0 fully saturated rings. The van der Waals surface area contributed by atoms with Gasteiger partial charge in [0.25, 0.3) is 0 Å². The van der Waals surface area contributed by atoms with E-state index in [9.17, 15) is 0 Å². The van der Waals surface area contributed by atoms with Crippen LogP contribution in [0.2, 0.25) is 0 Å². The Morgan fingerprint density at radius 1 is 1.50 bits per heavy atom. The molecule has 1 aliphatic rings. The summed E-state index contributed by atoms with van der Waals surface area (Å²) in [5.41, 5.74) is 2.27. The standard InChI is InChI=1S/C11H13NOS/c1-2-14-10-5-3-4-9(8-10)11-6-7-13-12-11/h3-5,8H,2,6-7H2,1H3. The van der Waals surface area contributed by atoms with Crippen LogP contribution < -0.4 is 0 Å². The van der Waals surface area contributed by atoms with Gasteiger partial charge in [0.2, 0.25) is 0 Å². The summed E-state index contributed by atoms with van der Waals surface area (Å²) in [6, 6.07) is 8.48. The van der Waals surface area contributed by atoms with Gasteiger partial charge in [-0.2, -0.15) is 0 Å². The smallest absolute Gasteiger partial charge is 0.122 e. The van der Waals surface area contributed by atoms with E-state index < -0.39 is 0 Å². The molecule has 0 saturated carbocycles. The molecule has 1 heterocycles. The second-order valence-electron chi connectivity index (χ2n) is 3.08. The van der Waals surface area contributed by atoms with Crippen LogP contribution in [-0.4, -0.2) is 18.1 Å². The lowest BCUT2D eigenvalue weighted by atomic mass is 10.1. The second kappa shape index (κ2) is 4.51. The normalized spacial score (nSPS) is 15.1. The van der Waals surface area contributed by atoms with Gasteiger partial charge in [0.1, 0.15) is 6.61 Å². The summed E-state index contributed by atoms with van der Waals surface area (Å²) in [6.07, 6.45) is 0.931. The molecule has 0 N–H and O–H groups in total. The average Bonchev–Trinajstić information content (AvgIpc) is 2.71. The highest BCUT2D eigenvalue weighted by Gasteiger charge is 2.10. The molecule has 0 unspecified atom stereocenters. The maximum absolute atomic E-state index is 4.99. The first-order valence-electron chi connectivity index (χ1n) is 4.82. The Hall–Kier alpha value is -0.960. The Morgan fingerprint density at radius 2 is 2.43 bits per heavy atom. The van der Waals surface area contributed by atoms with Crippen molar-refractivity contribution < 1.29 is 4.84 Å². The molecular formula is C11H13NOS. The van der Waals surface area contributed by atoms with Crippen molar-refractivity contribution in [2.45, 2.75) is 18.2 Å². The minimum Gasteiger partial charge on any atom is -0.395 e. The lowest BCUT2D eigenvalue weighted by molar-refractivity contribution is 0.174. The monoisotopic (exact) mass is 207 g/mol. The van der Waals surface area contributed by atoms with Crippen LogP contribution in [-0.2, 0) is 4.84 Å². The molecule has 74 valence electrons. The quantitative estimate of drug-likeness (QED) is 0.711. The molecule has 0 radical (unpaired) electrons. The van der Waals surface area contributed by atoms with E-state index in [1.165, 1.54) is 10.5 Å². The second-order valence-corrected chi connectivity index (χ2v) is 4.42. The van der Waals surface area contributed by atoms with Crippen molar-refractivity contribution in [2.24, 2.45) is 5.16 Å². The summed E-state index contributed by atoms with van der Waals surface area (Å²) in [7, 11) is 0. The zero-order valence-corrected chi connectivity index (χ0v) is 9.01. The highest BCUT2D eigenvalue weighted by molar-refractivity contribution is 7.99. The highest BCUT2D eigenvalue weighted by atomic mass is 32.2. The van der Waals surface area contributed by atoms with Crippen molar-refractivity contribution >= 4 is 17.5 Å². The molecule has 0 spiro atoms. The van der Waals surface area contributed by atoms with Crippen LogP contribution in [0.25, 0.3) is 0 Å². The Morgan fingerprint density at radius 3 is 3.14 bits per heavy atom. The molecule has 14 heavy (non-hydrogen) atoms. The third-order valence-electron chi connectivity index (χ3n) is 2.08. The van der Waals surface area contributed by atoms with Crippen LogP contribution in [0.15, 0.2) is 34.3 Å². The predicted octanol–water partition coefficient (Wildman–Crippen LogP) is 2.92. The summed E-state index contributed by atoms with van der Waals surface area (Å²) < 4.78 is 0. The van der Waals surface area contributed by atoms with Gasteiger partial charge < -0.3 is 4.84 Å². The van der Waals surface area contributed by atoms with E-state index in [1.807, 2.05) is 11.8 Å². The zero-order valence-electron chi connectivity index (χ0n) is 8.19. The SMILES string of the molecule is CCSc1cccc(C2=NOCC2)c1. The van der Waals surface area contributed by atoms with Crippen LogP contribution in [0.5, 0.6) is 0 Å². The Bertz CT molecular complexity index is 349. The van der Waals surface area contributed by atoms with Gasteiger partial charge in [-0.15, -0.1) is 11.8 Å². The molecule has 0 atom stereocenters. The van der Waals surface area contributed by atoms with Gasteiger partial charge in [-0.3, -0.25) is 0 Å². The minimum absolute atomic E-state index is 0.723. The van der Waals surface area contributed by atoms with Gasteiger partial charge in [0, 0.05) is 16.9 Å². The predicted molar refractivity (Wildman–Crippen MR) is 59.9 cm³/mol. The van der Waals surface area contributed by atoms with E-state index in [-0.39, 0.29) is 0 Å². The maximum Gasteiger partial charge on any atom is 0.122 e. The third kappa shape index (κ3) is 2.10. The van der Waals surface area contributed by atoms with Crippen molar-refractivity contribution in [2.75, 3.05) is 12.4 Å². The third-order valence-corrected chi connectivity index (χ3v) is 2.96. The molecule has 2 nitrogen and oxygen atoms in total. The molecule has 1 aromatic rings. The first-order chi connectivity index (χ1) is 6.90. The van der Waals surface area contributed by atoms with E-state index in [0.717, 1.165) is 24.5 Å². The zero-order chi connectivity index (χ0) is 9.80. The number of rotatable bonds is 3. The molecule has 3 heteroatoms. The maximum atomic E-state index is 4.99. The minimum atomic E-state index is 0.723. The van der Waals surface area contributed by atoms with E-state index in [2.05, 4.69) is 36.3 Å². The van der Waals surface area contributed by atoms with E-state index in [1.54, 1.807) is 0 Å². The van der Waals surface area contributed by atoms with Crippen molar-refractivity contribution in [3.63, 3.8) is 0 Å². The molecular weight excluding hydrogens is 194 g/mol. The number of thioether (sulfide) groups is 1. The summed E-state index contributed by atoms with van der Waals surface area (Å²) in [4.78, 5) is 6.30. The van der Waals surface area contributed by atoms with Crippen molar-refractivity contribution in [3.05, 3.63) is 29.8 Å². The Balaban J connectivity index is 2.21. The Labute approximate surface area is 88.3 Å². The summed E-state index contributed by atoms with van der Waals surface area (Å²) >= 11 is 1.85. The van der Waals surface area contributed by atoms with E-state index in [4.69, 9.17) is 4.84 Å². The van der Waals surface area contributed by atoms with E-state index >= 15 is 0 Å². The topological polar surface area (TPSA) is 21.6 Å². The van der Waals surface area contributed by atoms with Gasteiger partial charge in [-0.1, -0.05) is 24.2 Å². The summed E-state index contributed by atoms with van der Waals surface area (Å²) in [5.74, 6) is 1.10. The lowest BCUT2D eigenvalue weighted by Crippen LogP contribution is -1.96. The molecule has 1 aromatic carbocycles. The summed E-state index contributed by atoms with van der Waals surface area (Å²) in [6.45, 7) is 2.88. The number of hydrogen-bond acceptors (Lipinski definition) is 3. The number of benzene rings is 1. The van der Waals surface area contributed by atoms with Crippen LogP contribution in [0.4, 0.5) is 0 Å². The fraction of sp³-hybridized carbons (Fsp3) is 0.364. The molecule has 0 amide bonds. The number of nitrogens with zero attached hydrogens (tertiary/aromatic N) is 1. The van der Waals surface area contributed by atoms with Gasteiger partial charge in [-0.25, -0.2) is 0 Å².